The third-order valence-corrected chi connectivity index (χ3v) is 6.36. The smallest absolute Gasteiger partial charge is 0.241 e. The molecular formula is C17H12N4O4S2. The third-order valence-electron chi connectivity index (χ3n) is 3.99. The van der Waals surface area contributed by atoms with E-state index >= 15 is 0 Å². The average Bonchev–Trinajstić information content (AvgIpc) is 3.30. The highest BCUT2D eigenvalue weighted by molar-refractivity contribution is 7.92. The predicted molar refractivity (Wildman–Crippen MR) is 102 cm³/mol. The standard InChI is InChI=1S/C17H12N4O4S2/c22-26(23)14-10-18-16(21-14)15(11-6-2-1-3-7-11)27(24,25)17-19-12-8-4-5-9-13(12)20-17/h1-10,15H,(H,19,20). The lowest BCUT2D eigenvalue weighted by Crippen LogP contribution is -2.22. The minimum atomic E-state index is -4.07. The number of aliphatic imine (C=N–C) groups is 2. The minimum Gasteiger partial charge on any atom is -0.329 e. The molecule has 0 bridgehead atoms. The van der Waals surface area contributed by atoms with Crippen LogP contribution in [0.5, 0.6) is 0 Å². The van der Waals surface area contributed by atoms with Gasteiger partial charge in [-0.2, -0.15) is 8.42 Å². The normalized spacial score (nSPS) is 15.1. The zero-order valence-electron chi connectivity index (χ0n) is 13.6. The minimum absolute atomic E-state index is 0.124. The van der Waals surface area contributed by atoms with E-state index in [9.17, 15) is 16.8 Å². The number of H-pyrrole nitrogens is 1. The van der Waals surface area contributed by atoms with Gasteiger partial charge >= 0.3 is 0 Å². The van der Waals surface area contributed by atoms with Gasteiger partial charge in [0.2, 0.25) is 30.3 Å². The first-order valence-electron chi connectivity index (χ1n) is 7.79. The number of sulfone groups is 1. The van der Waals surface area contributed by atoms with Crippen LogP contribution in [0.3, 0.4) is 0 Å². The molecular weight excluding hydrogens is 388 g/mol. The van der Waals surface area contributed by atoms with Crippen molar-refractivity contribution in [1.29, 1.82) is 0 Å². The SMILES string of the molecule is O=S(=O)=C1C=NC(C(c2ccccc2)S(=O)(=O)c2nc3ccccc3[nH]2)=N1. The van der Waals surface area contributed by atoms with Crippen molar-refractivity contribution in [3.05, 3.63) is 60.2 Å². The van der Waals surface area contributed by atoms with E-state index in [0.717, 1.165) is 6.21 Å². The van der Waals surface area contributed by atoms with E-state index in [4.69, 9.17) is 0 Å². The monoisotopic (exact) mass is 400 g/mol. The van der Waals surface area contributed by atoms with Crippen molar-refractivity contribution in [2.75, 3.05) is 0 Å². The lowest BCUT2D eigenvalue weighted by molar-refractivity contribution is 0.585. The topological polar surface area (TPSA) is 122 Å². The molecule has 2 aromatic carbocycles. The molecule has 4 rings (SSSR count). The first kappa shape index (κ1) is 17.3. The summed E-state index contributed by atoms with van der Waals surface area (Å²) in [6.45, 7) is 0. The zero-order valence-corrected chi connectivity index (χ0v) is 15.3. The number of aromatic nitrogens is 2. The van der Waals surface area contributed by atoms with E-state index in [1.165, 1.54) is 0 Å². The Bertz CT molecular complexity index is 1300. The second-order valence-electron chi connectivity index (χ2n) is 5.70. The average molecular weight is 400 g/mol. The van der Waals surface area contributed by atoms with Crippen LogP contribution in [-0.4, -0.2) is 43.8 Å². The van der Waals surface area contributed by atoms with E-state index in [1.54, 1.807) is 54.6 Å². The molecule has 0 saturated carbocycles. The Balaban J connectivity index is 1.92. The van der Waals surface area contributed by atoms with Crippen molar-refractivity contribution in [2.45, 2.75) is 10.4 Å². The molecule has 136 valence electrons. The summed E-state index contributed by atoms with van der Waals surface area (Å²) < 4.78 is 49.0. The summed E-state index contributed by atoms with van der Waals surface area (Å²) in [7, 11) is -6.68. The molecule has 0 saturated heterocycles. The number of hydrogen-bond acceptors (Lipinski definition) is 6. The number of amidine groups is 1. The van der Waals surface area contributed by atoms with Crippen LogP contribution in [0.15, 0.2) is 69.7 Å². The second-order valence-corrected chi connectivity index (χ2v) is 8.53. The molecule has 0 aliphatic carbocycles. The maximum absolute atomic E-state index is 13.4. The van der Waals surface area contributed by atoms with Crippen molar-refractivity contribution >= 4 is 48.2 Å². The molecule has 1 aromatic heterocycles. The molecule has 2 heterocycles. The summed E-state index contributed by atoms with van der Waals surface area (Å²) in [5.41, 5.74) is 1.49. The van der Waals surface area contributed by atoms with E-state index < -0.39 is 25.4 Å². The van der Waals surface area contributed by atoms with Gasteiger partial charge in [0.05, 0.1) is 17.2 Å². The Hall–Kier alpha value is -3.11. The van der Waals surface area contributed by atoms with Gasteiger partial charge in [0, 0.05) is 0 Å². The molecule has 3 aromatic rings. The highest BCUT2D eigenvalue weighted by Crippen LogP contribution is 2.31. The Kier molecular flexibility index (Phi) is 4.21. The van der Waals surface area contributed by atoms with Crippen LogP contribution in [0.25, 0.3) is 11.0 Å². The lowest BCUT2D eigenvalue weighted by atomic mass is 10.1. The molecule has 0 radical (unpaired) electrons. The summed E-state index contributed by atoms with van der Waals surface area (Å²) in [5.74, 6) is -0.124. The number of aromatic amines is 1. The van der Waals surface area contributed by atoms with Crippen LogP contribution >= 0.6 is 0 Å². The van der Waals surface area contributed by atoms with Gasteiger partial charge in [-0.05, 0) is 17.7 Å². The fraction of sp³-hybridized carbons (Fsp3) is 0.0588. The van der Waals surface area contributed by atoms with Crippen molar-refractivity contribution < 1.29 is 16.8 Å². The van der Waals surface area contributed by atoms with Crippen molar-refractivity contribution in [3.8, 4) is 0 Å². The number of hydrogen-bond donors (Lipinski definition) is 1. The largest absolute Gasteiger partial charge is 0.329 e. The van der Waals surface area contributed by atoms with Gasteiger partial charge in [-0.3, -0.25) is 0 Å². The highest BCUT2D eigenvalue weighted by Gasteiger charge is 2.37. The number of para-hydroxylation sites is 2. The Morgan fingerprint density at radius 3 is 2.33 bits per heavy atom. The van der Waals surface area contributed by atoms with Gasteiger partial charge < -0.3 is 4.98 Å². The molecule has 1 N–H and O–H groups in total. The van der Waals surface area contributed by atoms with Gasteiger partial charge in [-0.25, -0.2) is 23.4 Å². The molecule has 10 heteroatoms. The predicted octanol–water partition coefficient (Wildman–Crippen LogP) is 1.57. The van der Waals surface area contributed by atoms with Crippen LogP contribution in [0.4, 0.5) is 0 Å². The van der Waals surface area contributed by atoms with Crippen molar-refractivity contribution in [1.82, 2.24) is 9.97 Å². The van der Waals surface area contributed by atoms with Crippen LogP contribution in [0, 0.1) is 0 Å². The van der Waals surface area contributed by atoms with E-state index in [-0.39, 0.29) is 16.0 Å². The first-order valence-corrected chi connectivity index (χ1v) is 10.4. The Morgan fingerprint density at radius 2 is 1.67 bits per heavy atom. The molecule has 1 unspecified atom stereocenters. The Morgan fingerprint density at radius 1 is 0.963 bits per heavy atom. The highest BCUT2D eigenvalue weighted by atomic mass is 32.2. The molecule has 0 amide bonds. The summed E-state index contributed by atoms with van der Waals surface area (Å²) in [6.07, 6.45) is 1.03. The summed E-state index contributed by atoms with van der Waals surface area (Å²) in [6, 6.07) is 15.3. The molecule has 1 aliphatic heterocycles. The van der Waals surface area contributed by atoms with Gasteiger partial charge in [0.15, 0.2) is 11.1 Å². The molecule has 27 heavy (non-hydrogen) atoms. The Labute approximate surface area is 155 Å². The number of fused-ring (bicyclic) bond motifs is 1. The van der Waals surface area contributed by atoms with Crippen molar-refractivity contribution in [2.24, 2.45) is 9.98 Å². The quantitative estimate of drug-likeness (QED) is 0.666. The zero-order chi connectivity index (χ0) is 19.0. The van der Waals surface area contributed by atoms with Gasteiger partial charge in [0.1, 0.15) is 0 Å². The van der Waals surface area contributed by atoms with Crippen LogP contribution in [0.1, 0.15) is 10.8 Å². The van der Waals surface area contributed by atoms with Gasteiger partial charge in [0.25, 0.3) is 0 Å². The van der Waals surface area contributed by atoms with Gasteiger partial charge in [-0.1, -0.05) is 42.5 Å². The number of nitrogens with zero attached hydrogens (tertiary/aromatic N) is 3. The number of nitrogens with one attached hydrogen (secondary N) is 1. The molecule has 1 atom stereocenters. The molecule has 8 nitrogen and oxygen atoms in total. The number of imidazole rings is 1. The molecule has 1 aliphatic rings. The maximum Gasteiger partial charge on any atom is 0.241 e. The van der Waals surface area contributed by atoms with E-state index in [0.29, 0.717) is 16.6 Å². The van der Waals surface area contributed by atoms with Crippen LogP contribution < -0.4 is 0 Å². The van der Waals surface area contributed by atoms with Crippen LogP contribution in [-0.2, 0) is 20.1 Å². The van der Waals surface area contributed by atoms with Gasteiger partial charge in [-0.15, -0.1) is 0 Å². The number of rotatable bonds is 4. The fourth-order valence-corrected chi connectivity index (χ4v) is 4.68. The van der Waals surface area contributed by atoms with Crippen molar-refractivity contribution in [3.63, 3.8) is 0 Å². The second kappa shape index (κ2) is 6.56. The first-order chi connectivity index (χ1) is 13.0. The summed E-state index contributed by atoms with van der Waals surface area (Å²) in [5, 5.41) is -1.52. The molecule has 0 spiro atoms. The lowest BCUT2D eigenvalue weighted by Gasteiger charge is -2.14. The third kappa shape index (κ3) is 3.09. The molecule has 0 fully saturated rings. The summed E-state index contributed by atoms with van der Waals surface area (Å²) >= 11 is 0. The van der Waals surface area contributed by atoms with E-state index in [2.05, 4.69) is 20.0 Å². The maximum atomic E-state index is 13.4. The fourth-order valence-electron chi connectivity index (χ4n) is 2.77. The number of benzene rings is 2. The van der Waals surface area contributed by atoms with E-state index in [1.807, 2.05) is 0 Å². The van der Waals surface area contributed by atoms with Crippen LogP contribution in [0.2, 0.25) is 0 Å². The summed E-state index contributed by atoms with van der Waals surface area (Å²) in [4.78, 5) is 14.5.